The third-order valence-electron chi connectivity index (χ3n) is 3.53. The second-order valence-electron chi connectivity index (χ2n) is 5.27. The number of unbranched alkanes of at least 4 members (excludes halogenated alkanes) is 8. The lowest BCUT2D eigenvalue weighted by atomic mass is 10.0. The van der Waals surface area contributed by atoms with Gasteiger partial charge >= 0.3 is 0 Å². The zero-order valence-electron chi connectivity index (χ0n) is 12.0. The predicted octanol–water partition coefficient (Wildman–Crippen LogP) is 6.00. The molecule has 0 aromatic carbocycles. The normalized spacial score (nSPS) is 12.8. The van der Waals surface area contributed by atoms with E-state index in [0.717, 1.165) is 17.3 Å². The van der Waals surface area contributed by atoms with Crippen LogP contribution in [0.25, 0.3) is 0 Å². The fourth-order valence-corrected chi connectivity index (χ4v) is 2.79. The highest BCUT2D eigenvalue weighted by molar-refractivity contribution is 9.10. The Morgan fingerprint density at radius 2 is 1.63 bits per heavy atom. The standard InChI is InChI=1S/C16H27BrO2/c1-2-3-4-5-6-7-8-9-10-11-15(18)16-14(17)12-13-19-16/h12-13,15,18H,2-11H2,1H3. The van der Waals surface area contributed by atoms with E-state index in [2.05, 4.69) is 22.9 Å². The summed E-state index contributed by atoms with van der Waals surface area (Å²) in [7, 11) is 0. The van der Waals surface area contributed by atoms with E-state index in [-0.39, 0.29) is 0 Å². The van der Waals surface area contributed by atoms with Gasteiger partial charge in [0.05, 0.1) is 10.7 Å². The molecule has 0 fully saturated rings. The average molecular weight is 331 g/mol. The van der Waals surface area contributed by atoms with Crippen molar-refractivity contribution < 1.29 is 9.52 Å². The fraction of sp³-hybridized carbons (Fsp3) is 0.750. The van der Waals surface area contributed by atoms with Crippen molar-refractivity contribution in [2.24, 2.45) is 0 Å². The lowest BCUT2D eigenvalue weighted by Gasteiger charge is -2.08. The summed E-state index contributed by atoms with van der Waals surface area (Å²) in [5, 5.41) is 9.97. The van der Waals surface area contributed by atoms with Crippen LogP contribution in [0, 0.1) is 0 Å². The lowest BCUT2D eigenvalue weighted by Crippen LogP contribution is -1.96. The van der Waals surface area contributed by atoms with Gasteiger partial charge in [-0.1, -0.05) is 64.7 Å². The molecule has 19 heavy (non-hydrogen) atoms. The summed E-state index contributed by atoms with van der Waals surface area (Å²) >= 11 is 3.38. The monoisotopic (exact) mass is 330 g/mol. The summed E-state index contributed by atoms with van der Waals surface area (Å²) in [4.78, 5) is 0. The molecule has 3 heteroatoms. The number of rotatable bonds is 11. The Morgan fingerprint density at radius 1 is 1.05 bits per heavy atom. The summed E-state index contributed by atoms with van der Waals surface area (Å²) in [5.41, 5.74) is 0. The molecule has 0 aliphatic rings. The van der Waals surface area contributed by atoms with Gasteiger partial charge in [0.15, 0.2) is 0 Å². The molecule has 2 nitrogen and oxygen atoms in total. The van der Waals surface area contributed by atoms with E-state index in [1.807, 2.05) is 6.07 Å². The van der Waals surface area contributed by atoms with Crippen LogP contribution in [0.5, 0.6) is 0 Å². The first-order valence-electron chi connectivity index (χ1n) is 7.66. The van der Waals surface area contributed by atoms with Crippen LogP contribution in [-0.4, -0.2) is 5.11 Å². The topological polar surface area (TPSA) is 33.4 Å². The van der Waals surface area contributed by atoms with Crippen LogP contribution in [0.15, 0.2) is 21.2 Å². The van der Waals surface area contributed by atoms with E-state index >= 15 is 0 Å². The minimum atomic E-state index is -0.464. The van der Waals surface area contributed by atoms with Crippen molar-refractivity contribution in [3.63, 3.8) is 0 Å². The zero-order chi connectivity index (χ0) is 13.9. The summed E-state index contributed by atoms with van der Waals surface area (Å²) in [6, 6.07) is 1.83. The molecule has 1 unspecified atom stereocenters. The van der Waals surface area contributed by atoms with E-state index < -0.39 is 6.10 Å². The second kappa shape index (κ2) is 10.5. The molecular formula is C16H27BrO2. The van der Waals surface area contributed by atoms with Crippen molar-refractivity contribution in [3.8, 4) is 0 Å². The largest absolute Gasteiger partial charge is 0.465 e. The summed E-state index contributed by atoms with van der Waals surface area (Å²) in [6.45, 7) is 2.25. The molecule has 0 radical (unpaired) electrons. The van der Waals surface area contributed by atoms with E-state index in [4.69, 9.17) is 4.42 Å². The minimum Gasteiger partial charge on any atom is -0.465 e. The van der Waals surface area contributed by atoms with Crippen molar-refractivity contribution in [3.05, 3.63) is 22.6 Å². The van der Waals surface area contributed by atoms with Crippen LogP contribution in [0.1, 0.15) is 83.0 Å². The first-order chi connectivity index (χ1) is 9.25. The quantitative estimate of drug-likeness (QED) is 0.505. The van der Waals surface area contributed by atoms with E-state index in [1.165, 1.54) is 51.4 Å². The average Bonchev–Trinajstić information content (AvgIpc) is 2.83. The van der Waals surface area contributed by atoms with Crippen molar-refractivity contribution in [2.45, 2.75) is 77.2 Å². The molecule has 1 N–H and O–H groups in total. The summed E-state index contributed by atoms with van der Waals surface area (Å²) in [6.07, 6.45) is 13.7. The molecule has 0 saturated carbocycles. The molecule has 0 spiro atoms. The van der Waals surface area contributed by atoms with Gasteiger partial charge in [0.2, 0.25) is 0 Å². The molecule has 110 valence electrons. The summed E-state index contributed by atoms with van der Waals surface area (Å²) in [5.74, 6) is 0.666. The lowest BCUT2D eigenvalue weighted by molar-refractivity contribution is 0.135. The van der Waals surface area contributed by atoms with Gasteiger partial charge < -0.3 is 9.52 Å². The van der Waals surface area contributed by atoms with Crippen LogP contribution in [0.3, 0.4) is 0 Å². The highest BCUT2D eigenvalue weighted by Crippen LogP contribution is 2.28. The maximum atomic E-state index is 9.97. The van der Waals surface area contributed by atoms with Gasteiger partial charge in [-0.2, -0.15) is 0 Å². The molecule has 1 heterocycles. The number of hydrogen-bond acceptors (Lipinski definition) is 2. The Bertz CT molecular complexity index is 322. The number of halogens is 1. The van der Waals surface area contributed by atoms with Crippen LogP contribution in [0.2, 0.25) is 0 Å². The van der Waals surface area contributed by atoms with Crippen LogP contribution in [0.4, 0.5) is 0 Å². The second-order valence-corrected chi connectivity index (χ2v) is 6.12. The van der Waals surface area contributed by atoms with Crippen molar-refractivity contribution in [1.29, 1.82) is 0 Å². The van der Waals surface area contributed by atoms with Gasteiger partial charge in [0.25, 0.3) is 0 Å². The van der Waals surface area contributed by atoms with Gasteiger partial charge in [0, 0.05) is 0 Å². The third kappa shape index (κ3) is 7.17. The molecule has 1 rings (SSSR count). The molecular weight excluding hydrogens is 304 g/mol. The van der Waals surface area contributed by atoms with Crippen LogP contribution >= 0.6 is 15.9 Å². The first-order valence-corrected chi connectivity index (χ1v) is 8.46. The number of furan rings is 1. The Hall–Kier alpha value is -0.280. The molecule has 0 bridgehead atoms. The predicted molar refractivity (Wildman–Crippen MR) is 83.2 cm³/mol. The van der Waals surface area contributed by atoms with Crippen molar-refractivity contribution >= 4 is 15.9 Å². The van der Waals surface area contributed by atoms with Crippen LogP contribution in [-0.2, 0) is 0 Å². The van der Waals surface area contributed by atoms with E-state index in [9.17, 15) is 5.11 Å². The Morgan fingerprint density at radius 3 is 2.16 bits per heavy atom. The third-order valence-corrected chi connectivity index (χ3v) is 4.18. The SMILES string of the molecule is CCCCCCCCCCCC(O)c1occc1Br. The van der Waals surface area contributed by atoms with E-state index in [0.29, 0.717) is 5.76 Å². The zero-order valence-corrected chi connectivity index (χ0v) is 13.6. The van der Waals surface area contributed by atoms with E-state index in [1.54, 1.807) is 6.26 Å². The van der Waals surface area contributed by atoms with Gasteiger partial charge in [-0.3, -0.25) is 0 Å². The Balaban J connectivity index is 1.95. The van der Waals surface area contributed by atoms with Gasteiger partial charge in [-0.05, 0) is 28.4 Å². The number of aliphatic hydroxyl groups excluding tert-OH is 1. The molecule has 0 amide bonds. The number of aliphatic hydroxyl groups is 1. The van der Waals surface area contributed by atoms with Gasteiger partial charge in [-0.25, -0.2) is 0 Å². The molecule has 0 saturated heterocycles. The highest BCUT2D eigenvalue weighted by atomic mass is 79.9. The fourth-order valence-electron chi connectivity index (χ4n) is 2.32. The van der Waals surface area contributed by atoms with Crippen LogP contribution < -0.4 is 0 Å². The molecule has 1 atom stereocenters. The Kier molecular flexibility index (Phi) is 9.27. The molecule has 1 aromatic heterocycles. The molecule has 0 aliphatic heterocycles. The minimum absolute atomic E-state index is 0.464. The molecule has 0 aliphatic carbocycles. The smallest absolute Gasteiger partial charge is 0.146 e. The highest BCUT2D eigenvalue weighted by Gasteiger charge is 2.13. The first kappa shape index (κ1) is 16.8. The Labute approximate surface area is 125 Å². The number of hydrogen-bond donors (Lipinski definition) is 1. The summed E-state index contributed by atoms with van der Waals surface area (Å²) < 4.78 is 6.13. The maximum absolute atomic E-state index is 9.97. The van der Waals surface area contributed by atoms with Crippen molar-refractivity contribution in [2.75, 3.05) is 0 Å². The molecule has 1 aromatic rings. The van der Waals surface area contributed by atoms with Gasteiger partial charge in [0.1, 0.15) is 11.9 Å². The van der Waals surface area contributed by atoms with Crippen molar-refractivity contribution in [1.82, 2.24) is 0 Å². The van der Waals surface area contributed by atoms with Gasteiger partial charge in [-0.15, -0.1) is 0 Å². The maximum Gasteiger partial charge on any atom is 0.146 e.